The van der Waals surface area contributed by atoms with Crippen molar-refractivity contribution >= 4 is 5.97 Å². The predicted octanol–water partition coefficient (Wildman–Crippen LogP) is 2.73. The second-order valence-corrected chi connectivity index (χ2v) is 4.44. The first-order chi connectivity index (χ1) is 8.04. The molecule has 3 heteroatoms. The number of benzene rings is 1. The summed E-state index contributed by atoms with van der Waals surface area (Å²) in [5, 5.41) is 12.5. The average Bonchev–Trinajstić information content (AvgIpc) is 2.31. The minimum Gasteiger partial charge on any atom is -0.480 e. The van der Waals surface area contributed by atoms with Crippen molar-refractivity contribution in [2.24, 2.45) is 0 Å². The third-order valence-corrected chi connectivity index (χ3v) is 3.33. The monoisotopic (exact) mass is 235 g/mol. The van der Waals surface area contributed by atoms with Gasteiger partial charge in [0.25, 0.3) is 0 Å². The third kappa shape index (κ3) is 3.30. The highest BCUT2D eigenvalue weighted by molar-refractivity contribution is 5.78. The highest BCUT2D eigenvalue weighted by Crippen LogP contribution is 2.16. The lowest BCUT2D eigenvalue weighted by Gasteiger charge is -2.28. The molecule has 0 spiro atoms. The Morgan fingerprint density at radius 1 is 1.35 bits per heavy atom. The molecule has 0 aromatic heterocycles. The molecule has 0 aliphatic heterocycles. The second-order valence-electron chi connectivity index (χ2n) is 4.44. The van der Waals surface area contributed by atoms with E-state index in [4.69, 9.17) is 0 Å². The van der Waals surface area contributed by atoms with Crippen LogP contribution in [0.5, 0.6) is 0 Å². The maximum Gasteiger partial charge on any atom is 0.323 e. The fourth-order valence-corrected chi connectivity index (χ4v) is 1.97. The summed E-state index contributed by atoms with van der Waals surface area (Å²) in [7, 11) is 0. The van der Waals surface area contributed by atoms with Gasteiger partial charge in [-0.25, -0.2) is 0 Å². The number of carboxylic acid groups (broad SMARTS) is 1. The number of nitrogens with one attached hydrogen (secondary N) is 1. The molecule has 0 amide bonds. The van der Waals surface area contributed by atoms with Crippen molar-refractivity contribution in [3.63, 3.8) is 0 Å². The van der Waals surface area contributed by atoms with Crippen LogP contribution in [0, 0.1) is 6.92 Å². The number of carboxylic acids is 1. The standard InChI is InChI=1S/C14H21NO2/c1-4-14(5-2,13(16)17)15-10-12-8-6-7-11(3)9-12/h6-9,15H,4-5,10H2,1-3H3,(H,16,17). The third-order valence-electron chi connectivity index (χ3n) is 3.33. The van der Waals surface area contributed by atoms with E-state index in [1.807, 2.05) is 39.0 Å². The van der Waals surface area contributed by atoms with Crippen LogP contribution in [0.3, 0.4) is 0 Å². The van der Waals surface area contributed by atoms with E-state index in [-0.39, 0.29) is 0 Å². The molecule has 0 heterocycles. The lowest BCUT2D eigenvalue weighted by atomic mass is 9.92. The van der Waals surface area contributed by atoms with Crippen molar-refractivity contribution in [1.29, 1.82) is 0 Å². The predicted molar refractivity (Wildman–Crippen MR) is 69.0 cm³/mol. The summed E-state index contributed by atoms with van der Waals surface area (Å²) in [6.45, 7) is 6.44. The number of rotatable bonds is 6. The first kappa shape index (κ1) is 13.7. The van der Waals surface area contributed by atoms with Crippen LogP contribution in [0.4, 0.5) is 0 Å². The van der Waals surface area contributed by atoms with Crippen molar-refractivity contribution < 1.29 is 9.90 Å². The van der Waals surface area contributed by atoms with Gasteiger partial charge in [0.1, 0.15) is 5.54 Å². The summed E-state index contributed by atoms with van der Waals surface area (Å²) in [5.74, 6) is -0.768. The quantitative estimate of drug-likeness (QED) is 0.797. The molecule has 0 bridgehead atoms. The molecule has 1 rings (SSSR count). The van der Waals surface area contributed by atoms with Gasteiger partial charge in [0.2, 0.25) is 0 Å². The van der Waals surface area contributed by atoms with Gasteiger partial charge in [0.15, 0.2) is 0 Å². The first-order valence-corrected chi connectivity index (χ1v) is 6.08. The average molecular weight is 235 g/mol. The summed E-state index contributed by atoms with van der Waals surface area (Å²) < 4.78 is 0. The molecule has 0 aliphatic rings. The molecular weight excluding hydrogens is 214 g/mol. The van der Waals surface area contributed by atoms with Gasteiger partial charge in [-0.15, -0.1) is 0 Å². The molecule has 0 radical (unpaired) electrons. The van der Waals surface area contributed by atoms with Crippen LogP contribution in [0.2, 0.25) is 0 Å². The molecule has 3 nitrogen and oxygen atoms in total. The molecule has 0 saturated heterocycles. The normalized spacial score (nSPS) is 11.5. The van der Waals surface area contributed by atoms with E-state index >= 15 is 0 Å². The van der Waals surface area contributed by atoms with Gasteiger partial charge in [-0.05, 0) is 25.3 Å². The number of aliphatic carboxylic acids is 1. The minimum atomic E-state index is -0.802. The van der Waals surface area contributed by atoms with Crippen molar-refractivity contribution in [3.8, 4) is 0 Å². The molecule has 1 aromatic carbocycles. The molecule has 94 valence electrons. The molecule has 0 fully saturated rings. The largest absolute Gasteiger partial charge is 0.480 e. The Kier molecular flexibility index (Phi) is 4.70. The molecule has 0 atom stereocenters. The van der Waals surface area contributed by atoms with Gasteiger partial charge in [0, 0.05) is 6.54 Å². The Morgan fingerprint density at radius 2 is 2.00 bits per heavy atom. The van der Waals surface area contributed by atoms with Crippen molar-refractivity contribution in [3.05, 3.63) is 35.4 Å². The summed E-state index contributed by atoms with van der Waals surface area (Å²) in [6.07, 6.45) is 1.18. The lowest BCUT2D eigenvalue weighted by molar-refractivity contribution is -0.145. The van der Waals surface area contributed by atoms with Crippen LogP contribution < -0.4 is 5.32 Å². The van der Waals surface area contributed by atoms with Crippen molar-refractivity contribution in [2.45, 2.75) is 45.7 Å². The highest BCUT2D eigenvalue weighted by Gasteiger charge is 2.33. The van der Waals surface area contributed by atoms with Crippen LogP contribution in [-0.4, -0.2) is 16.6 Å². The fourth-order valence-electron chi connectivity index (χ4n) is 1.97. The maximum atomic E-state index is 11.3. The van der Waals surface area contributed by atoms with E-state index in [2.05, 4.69) is 11.4 Å². The van der Waals surface area contributed by atoms with E-state index in [9.17, 15) is 9.90 Å². The topological polar surface area (TPSA) is 49.3 Å². The van der Waals surface area contributed by atoms with E-state index in [0.29, 0.717) is 19.4 Å². The molecule has 0 saturated carbocycles. The van der Waals surface area contributed by atoms with Crippen LogP contribution in [0.1, 0.15) is 37.8 Å². The second kappa shape index (κ2) is 5.82. The molecule has 17 heavy (non-hydrogen) atoms. The van der Waals surface area contributed by atoms with Crippen molar-refractivity contribution in [2.75, 3.05) is 0 Å². The zero-order valence-electron chi connectivity index (χ0n) is 10.8. The Labute approximate surface area is 103 Å². The minimum absolute atomic E-state index is 0.588. The zero-order valence-corrected chi connectivity index (χ0v) is 10.8. The van der Waals surface area contributed by atoms with E-state index < -0.39 is 11.5 Å². The van der Waals surface area contributed by atoms with Gasteiger partial charge in [-0.1, -0.05) is 43.7 Å². The summed E-state index contributed by atoms with van der Waals surface area (Å²) in [4.78, 5) is 11.3. The lowest BCUT2D eigenvalue weighted by Crippen LogP contribution is -2.50. The van der Waals surface area contributed by atoms with Gasteiger partial charge in [0.05, 0.1) is 0 Å². The van der Waals surface area contributed by atoms with Crippen LogP contribution in [-0.2, 0) is 11.3 Å². The van der Waals surface area contributed by atoms with Crippen molar-refractivity contribution in [1.82, 2.24) is 5.32 Å². The fraction of sp³-hybridized carbons (Fsp3) is 0.500. The van der Waals surface area contributed by atoms with Crippen LogP contribution in [0.15, 0.2) is 24.3 Å². The SMILES string of the molecule is CCC(CC)(NCc1cccc(C)c1)C(=O)O. The van der Waals surface area contributed by atoms with Crippen LogP contribution >= 0.6 is 0 Å². The molecule has 0 aliphatic carbocycles. The Hall–Kier alpha value is -1.35. The van der Waals surface area contributed by atoms with E-state index in [1.165, 1.54) is 5.56 Å². The van der Waals surface area contributed by atoms with Gasteiger partial charge >= 0.3 is 5.97 Å². The summed E-state index contributed by atoms with van der Waals surface area (Å²) in [6, 6.07) is 8.11. The highest BCUT2D eigenvalue weighted by atomic mass is 16.4. The summed E-state index contributed by atoms with van der Waals surface area (Å²) >= 11 is 0. The number of carbonyl (C=O) groups is 1. The van der Waals surface area contributed by atoms with Gasteiger partial charge < -0.3 is 5.11 Å². The molecule has 2 N–H and O–H groups in total. The smallest absolute Gasteiger partial charge is 0.323 e. The molecule has 0 unspecified atom stereocenters. The van der Waals surface area contributed by atoms with Gasteiger partial charge in [-0.2, -0.15) is 0 Å². The Bertz CT molecular complexity index is 384. The zero-order chi connectivity index (χ0) is 12.9. The molecule has 1 aromatic rings. The number of hydrogen-bond acceptors (Lipinski definition) is 2. The summed E-state index contributed by atoms with van der Waals surface area (Å²) in [5.41, 5.74) is 1.51. The number of hydrogen-bond donors (Lipinski definition) is 2. The Morgan fingerprint density at radius 3 is 2.47 bits per heavy atom. The van der Waals surface area contributed by atoms with E-state index in [1.54, 1.807) is 0 Å². The van der Waals surface area contributed by atoms with E-state index in [0.717, 1.165) is 5.56 Å². The first-order valence-electron chi connectivity index (χ1n) is 6.08. The van der Waals surface area contributed by atoms with Gasteiger partial charge in [-0.3, -0.25) is 10.1 Å². The molecular formula is C14H21NO2. The number of aryl methyl sites for hydroxylation is 1. The van der Waals surface area contributed by atoms with Crippen LogP contribution in [0.25, 0.3) is 0 Å². The maximum absolute atomic E-state index is 11.3. The Balaban J connectivity index is 2.74.